The lowest BCUT2D eigenvalue weighted by molar-refractivity contribution is -0.141. The Labute approximate surface area is 187 Å². The highest BCUT2D eigenvalue weighted by atomic mass is 32.1. The van der Waals surface area contributed by atoms with Crippen molar-refractivity contribution in [1.82, 2.24) is 15.3 Å². The van der Waals surface area contributed by atoms with E-state index in [0.717, 1.165) is 16.3 Å². The average molecular weight is 462 g/mol. The van der Waals surface area contributed by atoms with Crippen LogP contribution in [0.4, 0.5) is 24.7 Å². The fourth-order valence-electron chi connectivity index (χ4n) is 3.78. The number of thiazole rings is 1. The Hall–Kier alpha value is -2.98. The third-order valence-corrected chi connectivity index (χ3v) is 5.86. The van der Waals surface area contributed by atoms with Gasteiger partial charge in [-0.25, -0.2) is 9.97 Å². The number of aromatic nitrogens is 2. The summed E-state index contributed by atoms with van der Waals surface area (Å²) in [6.07, 6.45) is -1.74. The Balaban J connectivity index is 1.58. The van der Waals surface area contributed by atoms with E-state index in [2.05, 4.69) is 20.6 Å². The molecule has 0 bridgehead atoms. The zero-order valence-electron chi connectivity index (χ0n) is 17.5. The van der Waals surface area contributed by atoms with E-state index in [9.17, 15) is 18.0 Å². The molecule has 0 spiro atoms. The number of carbonyl (C=O) groups excluding carboxylic acids is 1. The number of benzene rings is 1. The summed E-state index contributed by atoms with van der Waals surface area (Å²) in [7, 11) is 0. The number of carbonyl (C=O) groups is 1. The maximum Gasteiger partial charge on any atom is 0.433 e. The highest BCUT2D eigenvalue weighted by molar-refractivity contribution is 7.16. The summed E-state index contributed by atoms with van der Waals surface area (Å²) in [5.41, 5.74) is 2.70. The van der Waals surface area contributed by atoms with Crippen LogP contribution in [0.2, 0.25) is 0 Å². The van der Waals surface area contributed by atoms with E-state index in [1.54, 1.807) is 11.6 Å². The number of rotatable bonds is 4. The Morgan fingerprint density at radius 1 is 1.22 bits per heavy atom. The number of fused-ring (bicyclic) bond motifs is 1. The maximum atomic E-state index is 13.3. The van der Waals surface area contributed by atoms with Gasteiger partial charge in [0.1, 0.15) is 11.5 Å². The van der Waals surface area contributed by atoms with Crippen molar-refractivity contribution in [1.29, 1.82) is 0 Å². The molecule has 2 atom stereocenters. The monoisotopic (exact) mass is 461 g/mol. The molecule has 10 heteroatoms. The lowest BCUT2D eigenvalue weighted by atomic mass is 10.1. The predicted molar refractivity (Wildman–Crippen MR) is 121 cm³/mol. The first-order chi connectivity index (χ1) is 15.2. The van der Waals surface area contributed by atoms with Crippen molar-refractivity contribution in [3.05, 3.63) is 53.2 Å². The normalized spacial score (nSPS) is 19.6. The SMILES string of the molecule is CC1CN(c2nc(C(F)(F)F)ccc2C=CC(=O)Nc2ccc3ncsc3c2)CC(C)N1. The van der Waals surface area contributed by atoms with Crippen LogP contribution >= 0.6 is 11.3 Å². The number of nitrogens with zero attached hydrogens (tertiary/aromatic N) is 3. The summed E-state index contributed by atoms with van der Waals surface area (Å²) in [6, 6.07) is 7.88. The smallest absolute Gasteiger partial charge is 0.353 e. The minimum absolute atomic E-state index is 0.0943. The van der Waals surface area contributed by atoms with Gasteiger partial charge in [-0.1, -0.05) is 0 Å². The topological polar surface area (TPSA) is 70.2 Å². The van der Waals surface area contributed by atoms with Crippen LogP contribution in [0.1, 0.15) is 25.1 Å². The van der Waals surface area contributed by atoms with Gasteiger partial charge in [0.05, 0.1) is 15.7 Å². The van der Waals surface area contributed by atoms with E-state index in [4.69, 9.17) is 0 Å². The number of hydrogen-bond donors (Lipinski definition) is 2. The highest BCUT2D eigenvalue weighted by Crippen LogP contribution is 2.31. The molecule has 4 rings (SSSR count). The Morgan fingerprint density at radius 3 is 2.69 bits per heavy atom. The zero-order valence-corrected chi connectivity index (χ0v) is 18.3. The molecule has 1 saturated heterocycles. The van der Waals surface area contributed by atoms with Gasteiger partial charge in [0, 0.05) is 42.5 Å². The molecule has 168 valence electrons. The first kappa shape index (κ1) is 22.2. The van der Waals surface area contributed by atoms with Crippen LogP contribution in [0.5, 0.6) is 0 Å². The second-order valence-electron chi connectivity index (χ2n) is 7.84. The molecule has 3 aromatic rings. The van der Waals surface area contributed by atoms with Crippen LogP contribution in [0.25, 0.3) is 16.3 Å². The molecule has 1 aliphatic rings. The van der Waals surface area contributed by atoms with Crippen LogP contribution in [0.3, 0.4) is 0 Å². The van der Waals surface area contributed by atoms with Gasteiger partial charge in [0.15, 0.2) is 0 Å². The van der Waals surface area contributed by atoms with E-state index in [1.165, 1.54) is 29.6 Å². The lowest BCUT2D eigenvalue weighted by Gasteiger charge is -2.37. The van der Waals surface area contributed by atoms with Crippen molar-refractivity contribution in [2.75, 3.05) is 23.3 Å². The average Bonchev–Trinajstić information content (AvgIpc) is 3.18. The van der Waals surface area contributed by atoms with E-state index in [-0.39, 0.29) is 23.8 Å². The van der Waals surface area contributed by atoms with Crippen molar-refractivity contribution in [2.24, 2.45) is 0 Å². The molecule has 1 amide bonds. The van der Waals surface area contributed by atoms with E-state index in [1.807, 2.05) is 30.9 Å². The number of piperazine rings is 1. The number of halogens is 3. The van der Waals surface area contributed by atoms with Crippen LogP contribution in [0.15, 0.2) is 41.9 Å². The number of nitrogens with one attached hydrogen (secondary N) is 2. The summed E-state index contributed by atoms with van der Waals surface area (Å²) in [5.74, 6) is -0.170. The number of anilines is 2. The van der Waals surface area contributed by atoms with E-state index < -0.39 is 11.9 Å². The van der Waals surface area contributed by atoms with Crippen LogP contribution in [-0.2, 0) is 11.0 Å². The first-order valence-electron chi connectivity index (χ1n) is 10.1. The quantitative estimate of drug-likeness (QED) is 0.558. The Bertz CT molecular complexity index is 1150. The lowest BCUT2D eigenvalue weighted by Crippen LogP contribution is -2.54. The molecule has 0 radical (unpaired) electrons. The summed E-state index contributed by atoms with van der Waals surface area (Å²) >= 11 is 1.47. The standard InChI is InChI=1S/C22H22F3N5OS/c1-13-10-30(11-14(2)27-13)21-15(3-7-19(29-21)22(23,24)25)4-8-20(31)28-16-5-6-17-18(9-16)32-12-26-17/h3-9,12-14,27H,10-11H2,1-2H3,(H,28,31). The second kappa shape index (κ2) is 8.87. The van der Waals surface area contributed by atoms with E-state index >= 15 is 0 Å². The van der Waals surface area contributed by atoms with Gasteiger partial charge in [0.2, 0.25) is 5.91 Å². The molecule has 2 N–H and O–H groups in total. The molecule has 1 aromatic carbocycles. The Morgan fingerprint density at radius 2 is 1.97 bits per heavy atom. The molecule has 2 aromatic heterocycles. The minimum Gasteiger partial charge on any atom is -0.353 e. The number of amides is 1. The van der Waals surface area contributed by atoms with E-state index in [0.29, 0.717) is 24.3 Å². The molecule has 0 saturated carbocycles. The van der Waals surface area contributed by atoms with Crippen molar-refractivity contribution >= 4 is 45.0 Å². The summed E-state index contributed by atoms with van der Waals surface area (Å²) in [5, 5.41) is 6.13. The van der Waals surface area contributed by atoms with Gasteiger partial charge >= 0.3 is 6.18 Å². The van der Waals surface area contributed by atoms with Crippen LogP contribution in [-0.4, -0.2) is 41.0 Å². The highest BCUT2D eigenvalue weighted by Gasteiger charge is 2.34. The predicted octanol–water partition coefficient (Wildman–Crippen LogP) is 4.55. The molecule has 6 nitrogen and oxygen atoms in total. The fraction of sp³-hybridized carbons (Fsp3) is 0.318. The summed E-state index contributed by atoms with van der Waals surface area (Å²) in [6.45, 7) is 4.97. The molecular formula is C22H22F3N5OS. The van der Waals surface area contributed by atoms with Gasteiger partial charge < -0.3 is 15.5 Å². The molecule has 32 heavy (non-hydrogen) atoms. The van der Waals surface area contributed by atoms with Crippen molar-refractivity contribution in [2.45, 2.75) is 32.1 Å². The number of hydrogen-bond acceptors (Lipinski definition) is 6. The van der Waals surface area contributed by atoms with Gasteiger partial charge in [-0.2, -0.15) is 13.2 Å². The largest absolute Gasteiger partial charge is 0.433 e. The molecule has 1 aliphatic heterocycles. The van der Waals surface area contributed by atoms with Gasteiger partial charge in [-0.05, 0) is 50.3 Å². The second-order valence-corrected chi connectivity index (χ2v) is 8.72. The number of alkyl halides is 3. The summed E-state index contributed by atoms with van der Waals surface area (Å²) < 4.78 is 40.8. The molecule has 2 unspecified atom stereocenters. The van der Waals surface area contributed by atoms with Gasteiger partial charge in [-0.15, -0.1) is 11.3 Å². The summed E-state index contributed by atoms with van der Waals surface area (Å²) in [4.78, 5) is 22.4. The fourth-order valence-corrected chi connectivity index (χ4v) is 4.50. The van der Waals surface area contributed by atoms with Crippen molar-refractivity contribution < 1.29 is 18.0 Å². The first-order valence-corrected chi connectivity index (χ1v) is 11.0. The van der Waals surface area contributed by atoms with Crippen molar-refractivity contribution in [3.63, 3.8) is 0 Å². The maximum absolute atomic E-state index is 13.3. The zero-order chi connectivity index (χ0) is 22.9. The molecule has 3 heterocycles. The minimum atomic E-state index is -4.55. The van der Waals surface area contributed by atoms with Crippen LogP contribution in [0, 0.1) is 0 Å². The molecular weight excluding hydrogens is 439 g/mol. The Kier molecular flexibility index (Phi) is 6.16. The third kappa shape index (κ3) is 5.08. The molecule has 0 aliphatic carbocycles. The molecule has 1 fully saturated rings. The van der Waals surface area contributed by atoms with Gasteiger partial charge in [-0.3, -0.25) is 4.79 Å². The van der Waals surface area contributed by atoms with Crippen LogP contribution < -0.4 is 15.5 Å². The number of pyridine rings is 1. The van der Waals surface area contributed by atoms with Crippen molar-refractivity contribution in [3.8, 4) is 0 Å². The third-order valence-electron chi connectivity index (χ3n) is 5.07. The van der Waals surface area contributed by atoms with Gasteiger partial charge in [0.25, 0.3) is 0 Å².